The molecule has 1 saturated carbocycles. The Bertz CT molecular complexity index is 422. The summed E-state index contributed by atoms with van der Waals surface area (Å²) in [6, 6.07) is 2.76. The van der Waals surface area contributed by atoms with E-state index < -0.39 is 0 Å². The van der Waals surface area contributed by atoms with Crippen LogP contribution in [0.25, 0.3) is 0 Å². The molecule has 1 heterocycles. The average molecular weight is 263 g/mol. The van der Waals surface area contributed by atoms with Crippen LogP contribution in [0.3, 0.4) is 0 Å². The number of thiophene rings is 1. The molecule has 3 N–H and O–H groups in total. The molecule has 0 bridgehead atoms. The summed E-state index contributed by atoms with van der Waals surface area (Å²) < 4.78 is 0. The molecule has 0 aromatic carbocycles. The van der Waals surface area contributed by atoms with Crippen LogP contribution in [-0.2, 0) is 12.8 Å². The fraction of sp³-hybridized carbons (Fsp3) is 0.643. The Kier molecular flexibility index (Phi) is 3.66. The first-order valence-corrected chi connectivity index (χ1v) is 7.85. The molecule has 18 heavy (non-hydrogen) atoms. The van der Waals surface area contributed by atoms with Gasteiger partial charge in [-0.25, -0.2) is 5.84 Å². The Hall–Kier alpha value is -0.870. The van der Waals surface area contributed by atoms with E-state index >= 15 is 0 Å². The zero-order chi connectivity index (χ0) is 12.4. The normalized spacial score (nSPS) is 21.1. The second kappa shape index (κ2) is 5.41. The quantitative estimate of drug-likeness (QED) is 0.373. The van der Waals surface area contributed by atoms with Gasteiger partial charge >= 0.3 is 0 Å². The van der Waals surface area contributed by atoms with Crippen molar-refractivity contribution in [3.05, 3.63) is 21.4 Å². The number of aliphatic imine (C=N–C) groups is 1. The van der Waals surface area contributed by atoms with Gasteiger partial charge in [0.15, 0.2) is 5.84 Å². The topological polar surface area (TPSA) is 50.4 Å². The van der Waals surface area contributed by atoms with Crippen molar-refractivity contribution in [3.8, 4) is 0 Å². The van der Waals surface area contributed by atoms with Gasteiger partial charge in [0.1, 0.15) is 0 Å². The van der Waals surface area contributed by atoms with Crippen molar-refractivity contribution in [1.29, 1.82) is 0 Å². The summed E-state index contributed by atoms with van der Waals surface area (Å²) in [4.78, 5) is 7.60. The zero-order valence-electron chi connectivity index (χ0n) is 10.7. The molecule has 0 unspecified atom stereocenters. The molecular weight excluding hydrogens is 242 g/mol. The van der Waals surface area contributed by atoms with E-state index in [4.69, 9.17) is 10.8 Å². The highest BCUT2D eigenvalue weighted by atomic mass is 32.1. The molecule has 98 valence electrons. The Balaban J connectivity index is 1.79. The molecule has 0 radical (unpaired) electrons. The number of rotatable bonds is 2. The third-order valence-electron chi connectivity index (χ3n) is 4.00. The fourth-order valence-corrected chi connectivity index (χ4v) is 4.22. The van der Waals surface area contributed by atoms with Crippen LogP contribution in [0.1, 0.15) is 53.8 Å². The summed E-state index contributed by atoms with van der Waals surface area (Å²) >= 11 is 1.87. The van der Waals surface area contributed by atoms with Crippen LogP contribution in [-0.4, -0.2) is 11.9 Å². The summed E-state index contributed by atoms with van der Waals surface area (Å²) in [5.74, 6) is 6.57. The molecule has 2 aliphatic carbocycles. The van der Waals surface area contributed by atoms with Gasteiger partial charge in [-0.2, -0.15) is 0 Å². The Labute approximate surface area is 112 Å². The summed E-state index contributed by atoms with van der Waals surface area (Å²) in [6.45, 7) is 0. The molecule has 1 aromatic rings. The smallest absolute Gasteiger partial charge is 0.153 e. The van der Waals surface area contributed by atoms with E-state index in [1.165, 1.54) is 66.7 Å². The highest BCUT2D eigenvalue weighted by Crippen LogP contribution is 2.31. The maximum absolute atomic E-state index is 5.67. The summed E-state index contributed by atoms with van der Waals surface area (Å²) in [6.07, 6.45) is 10.2. The molecule has 1 fully saturated rings. The predicted molar refractivity (Wildman–Crippen MR) is 77.1 cm³/mol. The van der Waals surface area contributed by atoms with Crippen LogP contribution >= 0.6 is 11.3 Å². The molecule has 3 rings (SSSR count). The van der Waals surface area contributed by atoms with Crippen molar-refractivity contribution in [3.63, 3.8) is 0 Å². The number of nitrogens with one attached hydrogen (secondary N) is 1. The number of hydrogen-bond acceptors (Lipinski definition) is 3. The number of amidine groups is 1. The van der Waals surface area contributed by atoms with Crippen molar-refractivity contribution in [2.24, 2.45) is 10.8 Å². The highest BCUT2D eigenvalue weighted by molar-refractivity contribution is 7.14. The first-order chi connectivity index (χ1) is 8.86. The van der Waals surface area contributed by atoms with Crippen LogP contribution in [0, 0.1) is 0 Å². The second-order valence-electron chi connectivity index (χ2n) is 5.33. The summed E-state index contributed by atoms with van der Waals surface area (Å²) in [5.41, 5.74) is 4.33. The minimum atomic E-state index is 0.474. The lowest BCUT2D eigenvalue weighted by Gasteiger charge is -2.18. The van der Waals surface area contributed by atoms with Crippen molar-refractivity contribution in [2.45, 2.75) is 57.4 Å². The van der Waals surface area contributed by atoms with E-state index in [1.54, 1.807) is 0 Å². The van der Waals surface area contributed by atoms with Gasteiger partial charge in [0.25, 0.3) is 0 Å². The van der Waals surface area contributed by atoms with E-state index in [-0.39, 0.29) is 0 Å². The maximum Gasteiger partial charge on any atom is 0.153 e. The number of hydrogen-bond donors (Lipinski definition) is 2. The van der Waals surface area contributed by atoms with Crippen molar-refractivity contribution in [2.75, 3.05) is 0 Å². The zero-order valence-corrected chi connectivity index (χ0v) is 11.6. The van der Waals surface area contributed by atoms with E-state index in [2.05, 4.69) is 11.5 Å². The number of fused-ring (bicyclic) bond motifs is 1. The molecule has 4 heteroatoms. The minimum absolute atomic E-state index is 0.474. The lowest BCUT2D eigenvalue weighted by Crippen LogP contribution is -2.32. The van der Waals surface area contributed by atoms with Crippen LogP contribution in [0.5, 0.6) is 0 Å². The van der Waals surface area contributed by atoms with E-state index in [0.717, 1.165) is 5.84 Å². The van der Waals surface area contributed by atoms with Crippen molar-refractivity contribution < 1.29 is 0 Å². The SMILES string of the molecule is NNC(=NC1CCCCC1)c1cc2c(s1)CCC2. The Morgan fingerprint density at radius 2 is 2.06 bits per heavy atom. The third-order valence-corrected chi connectivity index (χ3v) is 5.25. The summed E-state index contributed by atoms with van der Waals surface area (Å²) in [5, 5.41) is 0. The largest absolute Gasteiger partial charge is 0.308 e. The van der Waals surface area contributed by atoms with E-state index in [9.17, 15) is 0 Å². The standard InChI is InChI=1S/C14H21N3S/c15-17-14(16-11-6-2-1-3-7-11)13-9-10-5-4-8-12(10)18-13/h9,11H,1-8,15H2,(H,16,17). The molecule has 2 aliphatic rings. The van der Waals surface area contributed by atoms with E-state index in [1.807, 2.05) is 11.3 Å². The number of nitrogens with two attached hydrogens (primary N) is 1. The molecule has 1 aromatic heterocycles. The number of aryl methyl sites for hydroxylation is 2. The molecular formula is C14H21N3S. The lowest BCUT2D eigenvalue weighted by atomic mass is 9.96. The first kappa shape index (κ1) is 12.2. The number of nitrogens with zero attached hydrogens (tertiary/aromatic N) is 1. The van der Waals surface area contributed by atoms with Gasteiger partial charge in [-0.15, -0.1) is 11.3 Å². The molecule has 0 saturated heterocycles. The highest BCUT2D eigenvalue weighted by Gasteiger charge is 2.19. The van der Waals surface area contributed by atoms with Crippen LogP contribution in [0.15, 0.2) is 11.1 Å². The molecule has 3 nitrogen and oxygen atoms in total. The Morgan fingerprint density at radius 1 is 1.22 bits per heavy atom. The predicted octanol–water partition coefficient (Wildman–Crippen LogP) is 2.78. The van der Waals surface area contributed by atoms with Crippen molar-refractivity contribution >= 4 is 17.2 Å². The lowest BCUT2D eigenvalue weighted by molar-refractivity contribution is 0.442. The van der Waals surface area contributed by atoms with Gasteiger partial charge in [-0.3, -0.25) is 4.99 Å². The van der Waals surface area contributed by atoms with E-state index in [0.29, 0.717) is 6.04 Å². The van der Waals surface area contributed by atoms with Gasteiger partial charge in [0.2, 0.25) is 0 Å². The van der Waals surface area contributed by atoms with Gasteiger partial charge in [0, 0.05) is 4.88 Å². The second-order valence-corrected chi connectivity index (χ2v) is 6.46. The molecule has 0 aliphatic heterocycles. The van der Waals surface area contributed by atoms with Gasteiger partial charge in [-0.05, 0) is 43.7 Å². The van der Waals surface area contributed by atoms with Crippen LogP contribution in [0.4, 0.5) is 0 Å². The molecule has 0 atom stereocenters. The maximum atomic E-state index is 5.67. The number of hydrazine groups is 1. The van der Waals surface area contributed by atoms with Gasteiger partial charge in [0.05, 0.1) is 10.9 Å². The van der Waals surface area contributed by atoms with Crippen molar-refractivity contribution in [1.82, 2.24) is 5.43 Å². The average Bonchev–Trinajstić information content (AvgIpc) is 2.98. The fourth-order valence-electron chi connectivity index (χ4n) is 3.01. The third kappa shape index (κ3) is 2.45. The summed E-state index contributed by atoms with van der Waals surface area (Å²) in [7, 11) is 0. The van der Waals surface area contributed by atoms with Gasteiger partial charge in [-0.1, -0.05) is 19.3 Å². The molecule has 0 amide bonds. The van der Waals surface area contributed by atoms with Gasteiger partial charge < -0.3 is 5.43 Å². The Morgan fingerprint density at radius 3 is 2.78 bits per heavy atom. The molecule has 0 spiro atoms. The monoisotopic (exact) mass is 263 g/mol. The van der Waals surface area contributed by atoms with Crippen LogP contribution < -0.4 is 11.3 Å². The minimum Gasteiger partial charge on any atom is -0.308 e. The first-order valence-electron chi connectivity index (χ1n) is 7.03. The van der Waals surface area contributed by atoms with Crippen LogP contribution in [0.2, 0.25) is 0 Å².